The Morgan fingerprint density at radius 1 is 1.23 bits per heavy atom. The molecule has 1 saturated heterocycles. The van der Waals surface area contributed by atoms with Gasteiger partial charge in [0.2, 0.25) is 0 Å². The molecule has 1 amide bonds. The lowest BCUT2D eigenvalue weighted by Crippen LogP contribution is -2.60. The molecule has 0 spiro atoms. The maximum Gasteiger partial charge on any atom is 0.406 e. The molecule has 0 radical (unpaired) electrons. The number of amides is 1. The van der Waals surface area contributed by atoms with Crippen molar-refractivity contribution in [1.29, 1.82) is 5.26 Å². The van der Waals surface area contributed by atoms with Gasteiger partial charge in [0.25, 0.3) is 0 Å². The van der Waals surface area contributed by atoms with E-state index in [0.717, 1.165) is 12.8 Å². The third-order valence-electron chi connectivity index (χ3n) is 4.73. The molecule has 2 rings (SSSR count). The maximum absolute atomic E-state index is 11.2. The molecule has 1 aromatic carbocycles. The average Bonchev–Trinajstić information content (AvgIpc) is 2.71. The Morgan fingerprint density at radius 3 is 2.57 bits per heavy atom. The molecule has 0 aliphatic carbocycles. The van der Waals surface area contributed by atoms with Gasteiger partial charge in [0.05, 0.1) is 25.4 Å². The quantitative estimate of drug-likeness (QED) is 0.492. The normalized spacial score (nSPS) is 16.6. The zero-order chi connectivity index (χ0) is 22.0. The Bertz CT molecular complexity index is 822. The number of rotatable bonds is 8. The van der Waals surface area contributed by atoms with Crippen molar-refractivity contribution in [2.75, 3.05) is 19.8 Å². The minimum Gasteiger partial charge on any atom is -0.492 e. The molecule has 1 fully saturated rings. The van der Waals surface area contributed by atoms with Crippen LogP contribution in [0.4, 0.5) is 4.79 Å². The number of carbonyl (C=O) groups is 1. The van der Waals surface area contributed by atoms with Crippen molar-refractivity contribution >= 4 is 6.09 Å². The van der Waals surface area contributed by atoms with E-state index < -0.39 is 17.4 Å². The molecule has 1 aromatic rings. The van der Waals surface area contributed by atoms with E-state index in [0.29, 0.717) is 23.5 Å². The minimum absolute atomic E-state index is 0.0592. The predicted octanol–water partition coefficient (Wildman–Crippen LogP) is 4.05. The summed E-state index contributed by atoms with van der Waals surface area (Å²) in [7, 11) is 0. The molecular weight excluding hydrogens is 384 g/mol. The van der Waals surface area contributed by atoms with Crippen LogP contribution < -0.4 is 10.1 Å². The van der Waals surface area contributed by atoms with Crippen LogP contribution in [0.1, 0.15) is 64.0 Å². The van der Waals surface area contributed by atoms with Crippen molar-refractivity contribution in [3.63, 3.8) is 0 Å². The topological polar surface area (TPSA) is 101 Å². The van der Waals surface area contributed by atoms with Gasteiger partial charge in [-0.25, -0.2) is 4.79 Å². The van der Waals surface area contributed by atoms with Crippen molar-refractivity contribution in [2.45, 2.75) is 64.2 Å². The van der Waals surface area contributed by atoms with Crippen LogP contribution in [-0.4, -0.2) is 42.3 Å². The molecular formula is C23H30N2O5. The number of hydrogen-bond donors (Lipinski definition) is 2. The smallest absolute Gasteiger partial charge is 0.406 e. The molecule has 7 nitrogen and oxygen atoms in total. The van der Waals surface area contributed by atoms with E-state index in [1.807, 2.05) is 0 Å². The van der Waals surface area contributed by atoms with Crippen molar-refractivity contribution in [3.05, 3.63) is 29.3 Å². The molecule has 0 atom stereocenters. The Morgan fingerprint density at radius 2 is 1.93 bits per heavy atom. The molecule has 30 heavy (non-hydrogen) atoms. The van der Waals surface area contributed by atoms with Gasteiger partial charge in [-0.15, -0.1) is 0 Å². The van der Waals surface area contributed by atoms with E-state index in [2.05, 4.69) is 30.2 Å². The number of nitrogens with one attached hydrogen (secondary N) is 1. The lowest BCUT2D eigenvalue weighted by Gasteiger charge is -2.40. The van der Waals surface area contributed by atoms with Crippen molar-refractivity contribution in [3.8, 4) is 23.7 Å². The summed E-state index contributed by atoms with van der Waals surface area (Å²) in [6.45, 7) is 6.38. The molecule has 162 valence electrons. The number of unbranched alkanes of at least 4 members (excludes halogenated alkanes) is 4. The van der Waals surface area contributed by atoms with Gasteiger partial charge in [-0.1, -0.05) is 44.4 Å². The van der Waals surface area contributed by atoms with Gasteiger partial charge in [-0.3, -0.25) is 0 Å². The van der Waals surface area contributed by atoms with Gasteiger partial charge in [0.15, 0.2) is 11.3 Å². The van der Waals surface area contributed by atoms with Crippen LogP contribution in [0.2, 0.25) is 0 Å². The van der Waals surface area contributed by atoms with Crippen LogP contribution >= 0.6 is 0 Å². The van der Waals surface area contributed by atoms with E-state index in [1.54, 1.807) is 32.0 Å². The predicted molar refractivity (Wildman–Crippen MR) is 112 cm³/mol. The summed E-state index contributed by atoms with van der Waals surface area (Å²) in [5.74, 6) is 5.59. The lowest BCUT2D eigenvalue weighted by atomic mass is 10.00. The van der Waals surface area contributed by atoms with E-state index in [4.69, 9.17) is 14.2 Å². The monoisotopic (exact) mass is 414 g/mol. The molecule has 1 aliphatic heterocycles. The van der Waals surface area contributed by atoms with E-state index >= 15 is 0 Å². The second-order valence-electron chi connectivity index (χ2n) is 7.82. The Hall–Kier alpha value is -2.74. The molecule has 0 unspecified atom stereocenters. The molecule has 1 aliphatic rings. The van der Waals surface area contributed by atoms with Crippen molar-refractivity contribution in [2.24, 2.45) is 0 Å². The third-order valence-corrected chi connectivity index (χ3v) is 4.73. The highest BCUT2D eigenvalue weighted by atomic mass is 16.7. The summed E-state index contributed by atoms with van der Waals surface area (Å²) in [6.07, 6.45) is 4.46. The zero-order valence-corrected chi connectivity index (χ0v) is 17.9. The van der Waals surface area contributed by atoms with Crippen LogP contribution in [0.25, 0.3) is 0 Å². The second-order valence-corrected chi connectivity index (χ2v) is 7.82. The summed E-state index contributed by atoms with van der Waals surface area (Å²) in [5.41, 5.74) is -0.201. The summed E-state index contributed by atoms with van der Waals surface area (Å²) in [4.78, 5) is 11.2. The van der Waals surface area contributed by atoms with Gasteiger partial charge in [-0.05, 0) is 38.5 Å². The van der Waals surface area contributed by atoms with Crippen molar-refractivity contribution in [1.82, 2.24) is 5.32 Å². The molecule has 0 bridgehead atoms. The molecule has 0 saturated carbocycles. The van der Waals surface area contributed by atoms with Crippen LogP contribution in [0, 0.1) is 23.2 Å². The highest BCUT2D eigenvalue weighted by Crippen LogP contribution is 2.24. The van der Waals surface area contributed by atoms with Gasteiger partial charge in [0, 0.05) is 5.56 Å². The summed E-state index contributed by atoms with van der Waals surface area (Å²) in [6, 6.07) is 7.26. The first-order valence-corrected chi connectivity index (χ1v) is 10.3. The molecule has 1 heterocycles. The molecule has 2 N–H and O–H groups in total. The second kappa shape index (κ2) is 10.9. The number of nitrogens with zero attached hydrogens (tertiary/aromatic N) is 1. The van der Waals surface area contributed by atoms with Crippen LogP contribution in [0.15, 0.2) is 18.2 Å². The van der Waals surface area contributed by atoms with Crippen LogP contribution in [-0.2, 0) is 9.47 Å². The number of benzene rings is 1. The first kappa shape index (κ1) is 23.5. The van der Waals surface area contributed by atoms with E-state index in [9.17, 15) is 15.2 Å². The summed E-state index contributed by atoms with van der Waals surface area (Å²) < 4.78 is 16.9. The molecule has 7 heteroatoms. The van der Waals surface area contributed by atoms with Crippen LogP contribution in [0.3, 0.4) is 0 Å². The largest absolute Gasteiger partial charge is 0.492 e. The fourth-order valence-electron chi connectivity index (χ4n) is 2.96. The highest BCUT2D eigenvalue weighted by molar-refractivity contribution is 5.67. The first-order valence-electron chi connectivity index (χ1n) is 10.3. The number of ether oxygens (including phenoxy) is 3. The molecule has 0 aromatic heterocycles. The Labute approximate surface area is 178 Å². The standard InChI is InChI=1S/C23H30N2O5/c1-4-5-6-7-8-13-28-20-10-9-18(14-19(20)15-24)11-12-23(25-21(26)27)16-29-22(2,3)30-17-23/h9-10,14,25H,4-8,13,16-17H2,1-3H3,(H,26,27). The summed E-state index contributed by atoms with van der Waals surface area (Å²) >= 11 is 0. The summed E-state index contributed by atoms with van der Waals surface area (Å²) in [5, 5.41) is 21.0. The first-order chi connectivity index (χ1) is 14.3. The number of hydrogen-bond acceptors (Lipinski definition) is 5. The Kier molecular flexibility index (Phi) is 8.53. The lowest BCUT2D eigenvalue weighted by molar-refractivity contribution is -0.262. The van der Waals surface area contributed by atoms with Crippen LogP contribution in [0.5, 0.6) is 5.75 Å². The fraction of sp³-hybridized carbons (Fsp3) is 0.565. The van der Waals surface area contributed by atoms with Gasteiger partial charge in [-0.2, -0.15) is 5.26 Å². The van der Waals surface area contributed by atoms with Crippen molar-refractivity contribution < 1.29 is 24.1 Å². The van der Waals surface area contributed by atoms with Gasteiger partial charge < -0.3 is 24.6 Å². The number of nitriles is 1. The van der Waals surface area contributed by atoms with E-state index in [-0.39, 0.29) is 13.2 Å². The third kappa shape index (κ3) is 7.26. The highest BCUT2D eigenvalue weighted by Gasteiger charge is 2.40. The average molecular weight is 415 g/mol. The zero-order valence-electron chi connectivity index (χ0n) is 17.9. The van der Waals surface area contributed by atoms with Gasteiger partial charge >= 0.3 is 6.09 Å². The minimum atomic E-state index is -1.21. The number of carboxylic acid groups (broad SMARTS) is 1. The van der Waals surface area contributed by atoms with E-state index in [1.165, 1.54) is 19.3 Å². The SMILES string of the molecule is CCCCCCCOc1ccc(C#CC2(NC(=O)O)COC(C)(C)OC2)cc1C#N. The fourth-order valence-corrected chi connectivity index (χ4v) is 2.96. The van der Waals surface area contributed by atoms with Gasteiger partial charge in [0.1, 0.15) is 11.8 Å². The Balaban J connectivity index is 2.08. The maximum atomic E-state index is 11.2.